The van der Waals surface area contributed by atoms with E-state index in [-0.39, 0.29) is 13.2 Å². The smallest absolute Gasteiger partial charge is 0.277 e. The SMILES string of the molecule is COCC(Oc1ccccc1CO)C(=O)NN. The van der Waals surface area contributed by atoms with Crippen molar-refractivity contribution in [2.75, 3.05) is 13.7 Å². The van der Waals surface area contributed by atoms with E-state index in [0.29, 0.717) is 11.3 Å². The average Bonchev–Trinajstić information content (AvgIpc) is 2.38. The van der Waals surface area contributed by atoms with Crippen LogP contribution in [-0.4, -0.2) is 30.8 Å². The molecule has 0 heterocycles. The molecule has 0 saturated heterocycles. The van der Waals surface area contributed by atoms with Crippen molar-refractivity contribution in [1.82, 2.24) is 5.43 Å². The number of hydrazine groups is 1. The van der Waals surface area contributed by atoms with Crippen molar-refractivity contribution in [3.8, 4) is 5.75 Å². The number of nitrogens with two attached hydrogens (primary N) is 1. The van der Waals surface area contributed by atoms with E-state index in [1.54, 1.807) is 24.3 Å². The zero-order valence-corrected chi connectivity index (χ0v) is 9.55. The Kier molecular flexibility index (Phi) is 5.41. The van der Waals surface area contributed by atoms with Crippen LogP contribution < -0.4 is 16.0 Å². The van der Waals surface area contributed by atoms with Crippen molar-refractivity contribution in [3.63, 3.8) is 0 Å². The molecular formula is C11H16N2O4. The number of nitrogens with one attached hydrogen (secondary N) is 1. The molecule has 0 fully saturated rings. The van der Waals surface area contributed by atoms with E-state index in [4.69, 9.17) is 20.4 Å². The number of ether oxygens (including phenoxy) is 2. The number of aliphatic hydroxyl groups excluding tert-OH is 1. The number of para-hydroxylation sites is 1. The third kappa shape index (κ3) is 3.70. The summed E-state index contributed by atoms with van der Waals surface area (Å²) in [5.74, 6) is 4.99. The molecule has 6 heteroatoms. The highest BCUT2D eigenvalue weighted by molar-refractivity contribution is 5.80. The first-order valence-electron chi connectivity index (χ1n) is 5.07. The zero-order chi connectivity index (χ0) is 12.7. The highest BCUT2D eigenvalue weighted by Gasteiger charge is 2.20. The van der Waals surface area contributed by atoms with Crippen molar-refractivity contribution in [1.29, 1.82) is 0 Å². The van der Waals surface area contributed by atoms with Gasteiger partial charge in [0.05, 0.1) is 13.2 Å². The fourth-order valence-corrected chi connectivity index (χ4v) is 1.31. The fraction of sp³-hybridized carbons (Fsp3) is 0.364. The summed E-state index contributed by atoms with van der Waals surface area (Å²) in [5.41, 5.74) is 2.60. The van der Waals surface area contributed by atoms with Crippen LogP contribution in [0.1, 0.15) is 5.56 Å². The first-order valence-corrected chi connectivity index (χ1v) is 5.07. The first-order chi connectivity index (χ1) is 8.22. The lowest BCUT2D eigenvalue weighted by Crippen LogP contribution is -2.44. The topological polar surface area (TPSA) is 93.8 Å². The van der Waals surface area contributed by atoms with Gasteiger partial charge in [0.2, 0.25) is 6.10 Å². The molecule has 0 aliphatic carbocycles. The van der Waals surface area contributed by atoms with Gasteiger partial charge in [0.15, 0.2) is 0 Å². The van der Waals surface area contributed by atoms with E-state index in [9.17, 15) is 4.79 Å². The zero-order valence-electron chi connectivity index (χ0n) is 9.55. The third-order valence-corrected chi connectivity index (χ3v) is 2.16. The predicted octanol–water partition coefficient (Wildman–Crippen LogP) is -0.437. The third-order valence-electron chi connectivity index (χ3n) is 2.16. The second-order valence-corrected chi connectivity index (χ2v) is 3.34. The summed E-state index contributed by atoms with van der Waals surface area (Å²) in [6, 6.07) is 6.89. The molecule has 1 rings (SSSR count). The Hall–Kier alpha value is -1.63. The first kappa shape index (κ1) is 13.4. The van der Waals surface area contributed by atoms with E-state index in [1.807, 2.05) is 5.43 Å². The van der Waals surface area contributed by atoms with Crippen molar-refractivity contribution in [2.45, 2.75) is 12.7 Å². The molecule has 0 spiro atoms. The van der Waals surface area contributed by atoms with Crippen molar-refractivity contribution in [2.24, 2.45) is 5.84 Å². The van der Waals surface area contributed by atoms with Crippen LogP contribution in [-0.2, 0) is 16.1 Å². The van der Waals surface area contributed by atoms with Gasteiger partial charge >= 0.3 is 0 Å². The average molecular weight is 240 g/mol. The highest BCUT2D eigenvalue weighted by atomic mass is 16.5. The second-order valence-electron chi connectivity index (χ2n) is 3.34. The molecule has 1 amide bonds. The molecule has 0 aliphatic heterocycles. The summed E-state index contributed by atoms with van der Waals surface area (Å²) in [7, 11) is 1.46. The monoisotopic (exact) mass is 240 g/mol. The van der Waals surface area contributed by atoms with Crippen LogP contribution in [0.4, 0.5) is 0 Å². The van der Waals surface area contributed by atoms with Crippen LogP contribution >= 0.6 is 0 Å². The maximum Gasteiger partial charge on any atom is 0.277 e. The van der Waals surface area contributed by atoms with Crippen molar-refractivity contribution < 1.29 is 19.4 Å². The molecule has 6 nitrogen and oxygen atoms in total. The van der Waals surface area contributed by atoms with E-state index >= 15 is 0 Å². The largest absolute Gasteiger partial charge is 0.478 e. The molecule has 94 valence electrons. The summed E-state index contributed by atoms with van der Waals surface area (Å²) in [4.78, 5) is 11.4. The second kappa shape index (κ2) is 6.85. The number of rotatable bonds is 6. The van der Waals surface area contributed by atoms with E-state index < -0.39 is 12.0 Å². The quantitative estimate of drug-likeness (QED) is 0.356. The van der Waals surface area contributed by atoms with Gasteiger partial charge in [-0.1, -0.05) is 18.2 Å². The molecule has 17 heavy (non-hydrogen) atoms. The summed E-state index contributed by atoms with van der Waals surface area (Å²) >= 11 is 0. The lowest BCUT2D eigenvalue weighted by molar-refractivity contribution is -0.130. The van der Waals surface area contributed by atoms with E-state index in [2.05, 4.69) is 0 Å². The van der Waals surface area contributed by atoms with Gasteiger partial charge in [-0.15, -0.1) is 0 Å². The Morgan fingerprint density at radius 3 is 2.82 bits per heavy atom. The summed E-state index contributed by atoms with van der Waals surface area (Å²) in [5, 5.41) is 9.12. The van der Waals surface area contributed by atoms with Gasteiger partial charge in [-0.25, -0.2) is 5.84 Å². The van der Waals surface area contributed by atoms with Crippen molar-refractivity contribution in [3.05, 3.63) is 29.8 Å². The Balaban J connectivity index is 2.81. The summed E-state index contributed by atoms with van der Waals surface area (Å²) in [6.07, 6.45) is -0.849. The van der Waals surface area contributed by atoms with Crippen LogP contribution in [0.3, 0.4) is 0 Å². The molecule has 4 N–H and O–H groups in total. The standard InChI is InChI=1S/C11H16N2O4/c1-16-7-10(11(15)13-12)17-9-5-3-2-4-8(9)6-14/h2-5,10,14H,6-7,12H2,1H3,(H,13,15). The van der Waals surface area contributed by atoms with Gasteiger partial charge in [0.25, 0.3) is 5.91 Å². The molecule has 0 bridgehead atoms. The molecule has 0 aromatic heterocycles. The maximum absolute atomic E-state index is 11.4. The molecule has 0 saturated carbocycles. The number of benzene rings is 1. The maximum atomic E-state index is 11.4. The van der Waals surface area contributed by atoms with Gasteiger partial charge in [-0.3, -0.25) is 10.2 Å². The number of hydrogen-bond donors (Lipinski definition) is 3. The molecule has 1 unspecified atom stereocenters. The summed E-state index contributed by atoms with van der Waals surface area (Å²) in [6.45, 7) is -0.0943. The van der Waals surface area contributed by atoms with E-state index in [0.717, 1.165) is 0 Å². The molecule has 1 aromatic rings. The molecule has 1 aromatic carbocycles. The van der Waals surface area contributed by atoms with Crippen LogP contribution in [0.5, 0.6) is 5.75 Å². The number of amides is 1. The Bertz CT molecular complexity index is 370. The van der Waals surface area contributed by atoms with E-state index in [1.165, 1.54) is 7.11 Å². The van der Waals surface area contributed by atoms with Crippen LogP contribution in [0.2, 0.25) is 0 Å². The Morgan fingerprint density at radius 2 is 2.24 bits per heavy atom. The minimum absolute atomic E-state index is 0.0722. The van der Waals surface area contributed by atoms with Crippen LogP contribution in [0.15, 0.2) is 24.3 Å². The number of carbonyl (C=O) groups excluding carboxylic acids is 1. The molecule has 0 radical (unpaired) electrons. The van der Waals surface area contributed by atoms with Gasteiger partial charge in [-0.05, 0) is 6.07 Å². The lowest BCUT2D eigenvalue weighted by Gasteiger charge is -2.18. The highest BCUT2D eigenvalue weighted by Crippen LogP contribution is 2.19. The number of carbonyl (C=O) groups is 1. The van der Waals surface area contributed by atoms with Gasteiger partial charge in [-0.2, -0.15) is 0 Å². The minimum Gasteiger partial charge on any atom is -0.478 e. The lowest BCUT2D eigenvalue weighted by atomic mass is 10.2. The van der Waals surface area contributed by atoms with Crippen molar-refractivity contribution >= 4 is 5.91 Å². The Morgan fingerprint density at radius 1 is 1.53 bits per heavy atom. The van der Waals surface area contributed by atoms with Crippen LogP contribution in [0, 0.1) is 0 Å². The Labute approximate surface area is 99.3 Å². The van der Waals surface area contributed by atoms with Gasteiger partial charge < -0.3 is 14.6 Å². The fourth-order valence-electron chi connectivity index (χ4n) is 1.31. The molecular weight excluding hydrogens is 224 g/mol. The number of hydrogen-bond acceptors (Lipinski definition) is 5. The van der Waals surface area contributed by atoms with Crippen LogP contribution in [0.25, 0.3) is 0 Å². The van der Waals surface area contributed by atoms with Gasteiger partial charge in [0.1, 0.15) is 5.75 Å². The van der Waals surface area contributed by atoms with Gasteiger partial charge in [0, 0.05) is 12.7 Å². The predicted molar refractivity (Wildman–Crippen MR) is 61.0 cm³/mol. The normalized spacial score (nSPS) is 11.9. The molecule has 0 aliphatic rings. The molecule has 1 atom stereocenters. The number of methoxy groups -OCH3 is 1. The number of aliphatic hydroxyl groups is 1. The minimum atomic E-state index is -0.849. The summed E-state index contributed by atoms with van der Waals surface area (Å²) < 4.78 is 10.3.